The maximum absolute atomic E-state index is 11.7. The van der Waals surface area contributed by atoms with Crippen LogP contribution in [0.4, 0.5) is 0 Å². The van der Waals surface area contributed by atoms with Gasteiger partial charge in [-0.05, 0) is 50.5 Å². The smallest absolute Gasteiger partial charge is 0.254 e. The first-order valence-corrected chi connectivity index (χ1v) is 10.5. The Labute approximate surface area is 174 Å². The maximum atomic E-state index is 11.7. The summed E-state index contributed by atoms with van der Waals surface area (Å²) in [6.07, 6.45) is 13.2. The van der Waals surface area contributed by atoms with E-state index in [0.717, 1.165) is 31.8 Å². The predicted molar refractivity (Wildman–Crippen MR) is 116 cm³/mol. The number of hydrogen-bond donors (Lipinski definition) is 2. The van der Waals surface area contributed by atoms with Crippen LogP contribution in [-0.2, 0) is 4.79 Å². The minimum atomic E-state index is -0.113. The summed E-state index contributed by atoms with van der Waals surface area (Å²) >= 11 is 0. The van der Waals surface area contributed by atoms with Gasteiger partial charge in [-0.3, -0.25) is 14.7 Å². The zero-order chi connectivity index (χ0) is 21.2. The van der Waals surface area contributed by atoms with Gasteiger partial charge >= 0.3 is 0 Å². The Balaban J connectivity index is 0.000000253. The van der Waals surface area contributed by atoms with Crippen LogP contribution in [0.3, 0.4) is 0 Å². The molecule has 1 aliphatic heterocycles. The van der Waals surface area contributed by atoms with Gasteiger partial charge in [-0.15, -0.1) is 0 Å². The van der Waals surface area contributed by atoms with E-state index in [4.69, 9.17) is 0 Å². The Morgan fingerprint density at radius 1 is 1.34 bits per heavy atom. The van der Waals surface area contributed by atoms with E-state index in [9.17, 15) is 9.59 Å². The molecule has 1 aliphatic carbocycles. The molecule has 2 aliphatic rings. The van der Waals surface area contributed by atoms with Gasteiger partial charge in [0.15, 0.2) is 0 Å². The average Bonchev–Trinajstić information content (AvgIpc) is 3.27. The highest BCUT2D eigenvalue weighted by molar-refractivity contribution is 5.93. The number of rotatable bonds is 5. The van der Waals surface area contributed by atoms with E-state index in [1.165, 1.54) is 30.7 Å². The normalized spacial score (nSPS) is 19.4. The molecule has 2 amide bonds. The highest BCUT2D eigenvalue weighted by atomic mass is 16.2. The van der Waals surface area contributed by atoms with Crippen LogP contribution in [0.5, 0.6) is 0 Å². The molecule has 3 rings (SSSR count). The summed E-state index contributed by atoms with van der Waals surface area (Å²) in [5.41, 5.74) is 3.66. The van der Waals surface area contributed by atoms with Gasteiger partial charge in [0.25, 0.3) is 5.91 Å². The third-order valence-corrected chi connectivity index (χ3v) is 5.66. The summed E-state index contributed by atoms with van der Waals surface area (Å²) in [6.45, 7) is 12.3. The van der Waals surface area contributed by atoms with Crippen molar-refractivity contribution in [3.05, 3.63) is 53.9 Å². The quantitative estimate of drug-likeness (QED) is 0.739. The summed E-state index contributed by atoms with van der Waals surface area (Å²) in [6, 6.07) is 0. The van der Waals surface area contributed by atoms with Crippen molar-refractivity contribution in [2.45, 2.75) is 46.5 Å². The molecule has 6 nitrogen and oxygen atoms in total. The van der Waals surface area contributed by atoms with Crippen molar-refractivity contribution in [2.24, 2.45) is 11.8 Å². The monoisotopic (exact) mass is 398 g/mol. The molecule has 1 saturated heterocycles. The molecule has 0 spiro atoms. The van der Waals surface area contributed by atoms with E-state index in [-0.39, 0.29) is 11.8 Å². The predicted octanol–water partition coefficient (Wildman–Crippen LogP) is 3.87. The van der Waals surface area contributed by atoms with Gasteiger partial charge in [0.1, 0.15) is 0 Å². The number of piperidine rings is 1. The molecule has 0 aromatic carbocycles. The average molecular weight is 399 g/mol. The number of allylic oxidation sites excluding steroid dienone is 4. The zero-order valence-electron chi connectivity index (χ0n) is 17.9. The summed E-state index contributed by atoms with van der Waals surface area (Å²) in [5, 5.41) is 9.24. The lowest BCUT2D eigenvalue weighted by Gasteiger charge is -2.31. The molecule has 0 saturated carbocycles. The fraction of sp³-hybridized carbons (Fsp3) is 0.522. The number of nitrogens with zero attached hydrogens (tertiary/aromatic N) is 2. The molecule has 1 fully saturated rings. The van der Waals surface area contributed by atoms with Gasteiger partial charge in [-0.25, -0.2) is 0 Å². The van der Waals surface area contributed by atoms with E-state index in [1.807, 2.05) is 0 Å². The number of carbonyl (C=O) groups excluding carboxylic acids is 2. The number of hydrogen-bond acceptors (Lipinski definition) is 3. The molecule has 2 N–H and O–H groups in total. The summed E-state index contributed by atoms with van der Waals surface area (Å²) in [7, 11) is 0. The Hall–Kier alpha value is -2.63. The molecule has 1 unspecified atom stereocenters. The maximum Gasteiger partial charge on any atom is 0.254 e. The number of aromatic amines is 1. The SMILES string of the molecule is C=CC(=O)N1CCC(CNC(=O)c2cn[nH]c2)CC1.CCC1=CC=C(C)CC1C. The van der Waals surface area contributed by atoms with Crippen LogP contribution in [0.25, 0.3) is 0 Å². The second-order valence-corrected chi connectivity index (χ2v) is 7.88. The van der Waals surface area contributed by atoms with Crippen molar-refractivity contribution in [1.82, 2.24) is 20.4 Å². The van der Waals surface area contributed by atoms with Crippen molar-refractivity contribution in [2.75, 3.05) is 19.6 Å². The minimum Gasteiger partial charge on any atom is -0.352 e. The fourth-order valence-corrected chi connectivity index (χ4v) is 3.76. The molecule has 2 heterocycles. The Morgan fingerprint density at radius 2 is 2.07 bits per heavy atom. The van der Waals surface area contributed by atoms with Crippen molar-refractivity contribution >= 4 is 11.8 Å². The molecule has 0 bridgehead atoms. The minimum absolute atomic E-state index is 0.0131. The molecule has 158 valence electrons. The van der Waals surface area contributed by atoms with Gasteiger partial charge in [0.2, 0.25) is 5.91 Å². The van der Waals surface area contributed by atoms with Crippen LogP contribution in [0.15, 0.2) is 48.3 Å². The van der Waals surface area contributed by atoms with E-state index < -0.39 is 0 Å². The van der Waals surface area contributed by atoms with Crippen LogP contribution in [0.1, 0.15) is 56.8 Å². The molecule has 1 aromatic rings. The van der Waals surface area contributed by atoms with E-state index in [1.54, 1.807) is 16.7 Å². The number of H-pyrrole nitrogens is 1. The van der Waals surface area contributed by atoms with Crippen molar-refractivity contribution in [3.63, 3.8) is 0 Å². The summed E-state index contributed by atoms with van der Waals surface area (Å²) in [4.78, 5) is 24.9. The third kappa shape index (κ3) is 7.04. The molecular formula is C23H34N4O2. The lowest BCUT2D eigenvalue weighted by Crippen LogP contribution is -2.40. The third-order valence-electron chi connectivity index (χ3n) is 5.66. The van der Waals surface area contributed by atoms with Gasteiger partial charge in [-0.1, -0.05) is 43.7 Å². The Morgan fingerprint density at radius 3 is 2.62 bits per heavy atom. The molecular weight excluding hydrogens is 364 g/mol. The van der Waals surface area contributed by atoms with Gasteiger partial charge in [0.05, 0.1) is 11.8 Å². The standard InChI is InChI=1S/C13H18N4O2.C10H16/c1-2-12(18)17-5-3-10(4-6-17)7-14-13(19)11-8-15-16-9-11;1-4-10-6-5-8(2)7-9(10)3/h2,8-10H,1,3-7H2,(H,14,19)(H,15,16);5-6,9H,4,7H2,1-3H3. The largest absolute Gasteiger partial charge is 0.352 e. The first-order valence-electron chi connectivity index (χ1n) is 10.5. The highest BCUT2D eigenvalue weighted by Crippen LogP contribution is 2.26. The summed E-state index contributed by atoms with van der Waals surface area (Å²) in [5.74, 6) is 1.08. The van der Waals surface area contributed by atoms with Crippen LogP contribution in [-0.4, -0.2) is 46.5 Å². The summed E-state index contributed by atoms with van der Waals surface area (Å²) < 4.78 is 0. The molecule has 0 radical (unpaired) electrons. The number of carbonyl (C=O) groups is 2. The Bertz CT molecular complexity index is 741. The van der Waals surface area contributed by atoms with E-state index >= 15 is 0 Å². The molecule has 1 aromatic heterocycles. The lowest BCUT2D eigenvalue weighted by molar-refractivity contribution is -0.127. The van der Waals surface area contributed by atoms with E-state index in [0.29, 0.717) is 18.0 Å². The van der Waals surface area contributed by atoms with Crippen LogP contribution >= 0.6 is 0 Å². The topological polar surface area (TPSA) is 78.1 Å². The van der Waals surface area contributed by atoms with E-state index in [2.05, 4.69) is 55.0 Å². The molecule has 29 heavy (non-hydrogen) atoms. The van der Waals surface area contributed by atoms with Crippen molar-refractivity contribution in [1.29, 1.82) is 0 Å². The second-order valence-electron chi connectivity index (χ2n) is 7.88. The zero-order valence-corrected chi connectivity index (χ0v) is 17.9. The molecule has 1 atom stereocenters. The van der Waals surface area contributed by atoms with Crippen LogP contribution in [0, 0.1) is 11.8 Å². The van der Waals surface area contributed by atoms with Crippen LogP contribution < -0.4 is 5.32 Å². The van der Waals surface area contributed by atoms with Gasteiger partial charge in [0, 0.05) is 25.8 Å². The second kappa shape index (κ2) is 11.4. The highest BCUT2D eigenvalue weighted by Gasteiger charge is 2.21. The number of likely N-dealkylation sites (tertiary alicyclic amines) is 1. The van der Waals surface area contributed by atoms with Gasteiger partial charge < -0.3 is 10.2 Å². The number of aromatic nitrogens is 2. The number of amides is 2. The first-order chi connectivity index (χ1) is 13.9. The van der Waals surface area contributed by atoms with Crippen LogP contribution in [0.2, 0.25) is 0 Å². The van der Waals surface area contributed by atoms with Crippen molar-refractivity contribution < 1.29 is 9.59 Å². The van der Waals surface area contributed by atoms with Crippen molar-refractivity contribution in [3.8, 4) is 0 Å². The van der Waals surface area contributed by atoms with Gasteiger partial charge in [-0.2, -0.15) is 5.10 Å². The molecule has 6 heteroatoms. The number of nitrogens with one attached hydrogen (secondary N) is 2. The first kappa shape index (κ1) is 22.7. The fourth-order valence-electron chi connectivity index (χ4n) is 3.76. The Kier molecular flexibility index (Phi) is 8.90. The lowest BCUT2D eigenvalue weighted by atomic mass is 9.88.